The van der Waals surface area contributed by atoms with E-state index in [9.17, 15) is 14.9 Å². The Balaban J connectivity index is 1.85. The summed E-state index contributed by atoms with van der Waals surface area (Å²) in [5.41, 5.74) is 3.61. The topological polar surface area (TPSA) is 90.2 Å². The average molecular weight is 408 g/mol. The summed E-state index contributed by atoms with van der Waals surface area (Å²) >= 11 is 0. The molecule has 0 fully saturated rings. The number of nitriles is 1. The molecule has 158 valence electrons. The van der Waals surface area contributed by atoms with Gasteiger partial charge in [0, 0.05) is 17.4 Å². The number of carbonyl (C=O) groups excluding carboxylic acids is 2. The molecule has 0 saturated heterocycles. The van der Waals surface area contributed by atoms with Crippen LogP contribution >= 0.6 is 0 Å². The van der Waals surface area contributed by atoms with Crippen LogP contribution < -0.4 is 10.6 Å². The largest absolute Gasteiger partial charge is 0.353 e. The third kappa shape index (κ3) is 4.89. The van der Waals surface area contributed by atoms with E-state index in [0.29, 0.717) is 11.4 Å². The molecule has 0 radical (unpaired) electrons. The Labute approximate surface area is 177 Å². The number of aromatic nitrogens is 1. The Morgan fingerprint density at radius 1 is 1.13 bits per heavy atom. The Morgan fingerprint density at radius 3 is 2.47 bits per heavy atom. The molecule has 0 atom stereocenters. The van der Waals surface area contributed by atoms with Crippen LogP contribution in [0.15, 0.2) is 30.3 Å². The third-order valence-electron chi connectivity index (χ3n) is 5.13. The molecule has 1 aliphatic carbocycles. The van der Waals surface area contributed by atoms with Crippen LogP contribution in [0.1, 0.15) is 43.5 Å². The summed E-state index contributed by atoms with van der Waals surface area (Å²) in [7, 11) is 1.73. The molecule has 7 heteroatoms. The first kappa shape index (κ1) is 21.6. The Morgan fingerprint density at radius 2 is 1.80 bits per heavy atom. The van der Waals surface area contributed by atoms with Crippen LogP contribution in [0.4, 0.5) is 5.82 Å². The molecular formula is C23H29N5O2. The van der Waals surface area contributed by atoms with E-state index < -0.39 is 0 Å². The maximum atomic E-state index is 12.8. The monoisotopic (exact) mass is 407 g/mol. The van der Waals surface area contributed by atoms with Gasteiger partial charge in [-0.2, -0.15) is 5.26 Å². The molecular weight excluding hydrogens is 378 g/mol. The summed E-state index contributed by atoms with van der Waals surface area (Å²) in [5, 5.41) is 15.6. The van der Waals surface area contributed by atoms with E-state index in [2.05, 4.69) is 16.7 Å². The smallest absolute Gasteiger partial charge is 0.239 e. The molecule has 30 heavy (non-hydrogen) atoms. The summed E-state index contributed by atoms with van der Waals surface area (Å²) in [6, 6.07) is 12.2. The van der Waals surface area contributed by atoms with Gasteiger partial charge in [-0.25, -0.2) is 0 Å². The van der Waals surface area contributed by atoms with Gasteiger partial charge in [-0.05, 0) is 64.3 Å². The lowest BCUT2D eigenvalue weighted by atomic mass is 9.95. The number of nitrogens with zero attached hydrogens (tertiary/aromatic N) is 3. The van der Waals surface area contributed by atoms with E-state index in [1.165, 1.54) is 0 Å². The van der Waals surface area contributed by atoms with Crippen LogP contribution in [0.25, 0.3) is 5.69 Å². The zero-order valence-corrected chi connectivity index (χ0v) is 17.9. The first-order valence-electron chi connectivity index (χ1n) is 10.4. The minimum Gasteiger partial charge on any atom is -0.353 e. The van der Waals surface area contributed by atoms with E-state index in [1.54, 1.807) is 11.9 Å². The summed E-state index contributed by atoms with van der Waals surface area (Å²) in [5.74, 6) is 0.153. The summed E-state index contributed by atoms with van der Waals surface area (Å²) in [6.45, 7) is 3.98. The van der Waals surface area contributed by atoms with Crippen molar-refractivity contribution in [2.45, 2.75) is 45.6 Å². The number of rotatable bonds is 7. The summed E-state index contributed by atoms with van der Waals surface area (Å²) in [6.07, 6.45) is 3.83. The first-order valence-corrected chi connectivity index (χ1v) is 10.4. The predicted octanol–water partition coefficient (Wildman–Crippen LogP) is 2.62. The SMILES string of the molecule is CC(C)NC(=O)CN(C)CC(=O)Nc1c(C#N)c2c(n1-c1ccccc1)CCCC2. The van der Waals surface area contributed by atoms with Gasteiger partial charge in [-0.1, -0.05) is 18.2 Å². The molecule has 0 aliphatic heterocycles. The minimum atomic E-state index is -0.252. The van der Waals surface area contributed by atoms with Gasteiger partial charge in [0.05, 0.1) is 18.7 Å². The van der Waals surface area contributed by atoms with Crippen LogP contribution in [-0.2, 0) is 22.4 Å². The number of fused-ring (bicyclic) bond motifs is 1. The fourth-order valence-corrected chi connectivity index (χ4v) is 3.98. The zero-order valence-electron chi connectivity index (χ0n) is 17.9. The average Bonchev–Trinajstić information content (AvgIpc) is 3.00. The molecule has 1 aliphatic rings. The number of hydrogen-bond donors (Lipinski definition) is 2. The quantitative estimate of drug-likeness (QED) is 0.738. The second kappa shape index (κ2) is 9.59. The van der Waals surface area contributed by atoms with E-state index in [-0.39, 0.29) is 30.9 Å². The number of benzene rings is 1. The van der Waals surface area contributed by atoms with Crippen molar-refractivity contribution >= 4 is 17.6 Å². The van der Waals surface area contributed by atoms with Gasteiger partial charge in [-0.3, -0.25) is 19.1 Å². The standard InChI is InChI=1S/C23H29N5O2/c1-16(2)25-21(29)14-27(3)15-22(30)26-23-19(13-24)18-11-7-8-12-20(18)28(23)17-9-5-4-6-10-17/h4-6,9-10,16H,7-8,11-12,14-15H2,1-3H3,(H,25,29)(H,26,30). The van der Waals surface area contributed by atoms with Crippen molar-refractivity contribution in [3.63, 3.8) is 0 Å². The number of hydrogen-bond acceptors (Lipinski definition) is 4. The Bertz CT molecular complexity index is 956. The molecule has 1 aromatic heterocycles. The zero-order chi connectivity index (χ0) is 21.7. The Hall–Kier alpha value is -3.11. The van der Waals surface area contributed by atoms with Gasteiger partial charge in [0.1, 0.15) is 11.9 Å². The van der Waals surface area contributed by atoms with Crippen molar-refractivity contribution in [2.75, 3.05) is 25.5 Å². The maximum Gasteiger partial charge on any atom is 0.239 e. The number of carbonyl (C=O) groups is 2. The molecule has 2 amide bonds. The molecule has 0 unspecified atom stereocenters. The van der Waals surface area contributed by atoms with E-state index in [0.717, 1.165) is 42.6 Å². The van der Waals surface area contributed by atoms with E-state index in [4.69, 9.17) is 0 Å². The molecule has 1 aromatic carbocycles. The fraction of sp³-hybridized carbons (Fsp3) is 0.435. The molecule has 3 rings (SSSR count). The number of likely N-dealkylation sites (N-methyl/N-ethyl adjacent to an activating group) is 1. The van der Waals surface area contributed by atoms with Crippen LogP contribution in [-0.4, -0.2) is 47.5 Å². The van der Waals surface area contributed by atoms with Gasteiger partial charge in [-0.15, -0.1) is 0 Å². The lowest BCUT2D eigenvalue weighted by Gasteiger charge is -2.19. The Kier molecular flexibility index (Phi) is 6.91. The highest BCUT2D eigenvalue weighted by atomic mass is 16.2. The highest BCUT2D eigenvalue weighted by molar-refractivity contribution is 5.94. The molecule has 0 saturated carbocycles. The number of amides is 2. The summed E-state index contributed by atoms with van der Waals surface area (Å²) < 4.78 is 2.01. The van der Waals surface area contributed by atoms with Crippen LogP contribution in [0.5, 0.6) is 0 Å². The van der Waals surface area contributed by atoms with E-state index in [1.807, 2.05) is 48.7 Å². The van der Waals surface area contributed by atoms with Crippen molar-refractivity contribution in [2.24, 2.45) is 0 Å². The predicted molar refractivity (Wildman–Crippen MR) is 117 cm³/mol. The number of anilines is 1. The van der Waals surface area contributed by atoms with Gasteiger partial charge < -0.3 is 10.6 Å². The molecule has 7 nitrogen and oxygen atoms in total. The highest BCUT2D eigenvalue weighted by Crippen LogP contribution is 2.35. The molecule has 1 heterocycles. The third-order valence-corrected chi connectivity index (χ3v) is 5.13. The number of para-hydroxylation sites is 1. The van der Waals surface area contributed by atoms with Crippen LogP contribution in [0.3, 0.4) is 0 Å². The second-order valence-corrected chi connectivity index (χ2v) is 8.08. The second-order valence-electron chi connectivity index (χ2n) is 8.08. The minimum absolute atomic E-state index is 0.0541. The molecule has 2 N–H and O–H groups in total. The van der Waals surface area contributed by atoms with Crippen molar-refractivity contribution in [3.8, 4) is 11.8 Å². The van der Waals surface area contributed by atoms with E-state index >= 15 is 0 Å². The van der Waals surface area contributed by atoms with Crippen molar-refractivity contribution < 1.29 is 9.59 Å². The van der Waals surface area contributed by atoms with Crippen LogP contribution in [0.2, 0.25) is 0 Å². The van der Waals surface area contributed by atoms with Crippen LogP contribution in [0, 0.1) is 11.3 Å². The first-order chi connectivity index (χ1) is 14.4. The fourth-order valence-electron chi connectivity index (χ4n) is 3.98. The van der Waals surface area contributed by atoms with Gasteiger partial charge in [0.25, 0.3) is 0 Å². The highest BCUT2D eigenvalue weighted by Gasteiger charge is 2.27. The van der Waals surface area contributed by atoms with Gasteiger partial charge in [0.2, 0.25) is 11.8 Å². The van der Waals surface area contributed by atoms with Gasteiger partial charge in [0.15, 0.2) is 0 Å². The number of nitrogens with one attached hydrogen (secondary N) is 2. The van der Waals surface area contributed by atoms with Crippen molar-refractivity contribution in [1.82, 2.24) is 14.8 Å². The normalized spacial score (nSPS) is 13.1. The molecule has 0 bridgehead atoms. The van der Waals surface area contributed by atoms with Gasteiger partial charge >= 0.3 is 0 Å². The molecule has 2 aromatic rings. The van der Waals surface area contributed by atoms with Crippen molar-refractivity contribution in [1.29, 1.82) is 5.26 Å². The summed E-state index contributed by atoms with van der Waals surface area (Å²) in [4.78, 5) is 26.4. The lowest BCUT2D eigenvalue weighted by Crippen LogP contribution is -2.41. The maximum absolute atomic E-state index is 12.8. The molecule has 0 spiro atoms. The van der Waals surface area contributed by atoms with Crippen molar-refractivity contribution in [3.05, 3.63) is 47.2 Å². The lowest BCUT2D eigenvalue weighted by molar-refractivity contribution is -0.123.